The van der Waals surface area contributed by atoms with E-state index in [0.717, 1.165) is 18.4 Å². The molecular formula is C13H14N2. The Morgan fingerprint density at radius 3 is 2.60 bits per heavy atom. The van der Waals surface area contributed by atoms with Gasteiger partial charge in [-0.1, -0.05) is 12.5 Å². The zero-order valence-corrected chi connectivity index (χ0v) is 8.74. The number of rotatable bonds is 1. The lowest BCUT2D eigenvalue weighted by molar-refractivity contribution is -0.0228. The summed E-state index contributed by atoms with van der Waals surface area (Å²) >= 11 is 0. The molecule has 0 saturated heterocycles. The third-order valence-electron chi connectivity index (χ3n) is 4.20. The number of nitriles is 1. The van der Waals surface area contributed by atoms with E-state index in [2.05, 4.69) is 11.1 Å². The molecule has 2 aliphatic carbocycles. The molecule has 1 heterocycles. The van der Waals surface area contributed by atoms with Gasteiger partial charge in [-0.25, -0.2) is 0 Å². The molecule has 0 aromatic carbocycles. The minimum Gasteiger partial charge on any atom is -0.264 e. The maximum Gasteiger partial charge on any atom is 0.0847 e. The van der Waals surface area contributed by atoms with Crippen LogP contribution in [0.5, 0.6) is 0 Å². The van der Waals surface area contributed by atoms with Crippen molar-refractivity contribution in [2.24, 2.45) is 5.41 Å². The maximum absolute atomic E-state index is 9.36. The van der Waals surface area contributed by atoms with E-state index in [1.54, 1.807) is 6.20 Å². The van der Waals surface area contributed by atoms with E-state index in [0.29, 0.717) is 5.41 Å². The van der Waals surface area contributed by atoms with E-state index in [-0.39, 0.29) is 5.41 Å². The van der Waals surface area contributed by atoms with Crippen LogP contribution in [0.1, 0.15) is 37.7 Å². The SMILES string of the molecule is N#CC1(c2cccnc2)CC2(CCC2)C1. The predicted molar refractivity (Wildman–Crippen MR) is 57.0 cm³/mol. The minimum atomic E-state index is -0.214. The van der Waals surface area contributed by atoms with Crippen LogP contribution in [-0.4, -0.2) is 4.98 Å². The van der Waals surface area contributed by atoms with Gasteiger partial charge in [0.15, 0.2) is 0 Å². The van der Waals surface area contributed by atoms with Crippen molar-refractivity contribution in [3.63, 3.8) is 0 Å². The van der Waals surface area contributed by atoms with E-state index in [1.165, 1.54) is 19.3 Å². The highest BCUT2D eigenvalue weighted by atomic mass is 14.7. The number of hydrogen-bond donors (Lipinski definition) is 0. The van der Waals surface area contributed by atoms with E-state index < -0.39 is 0 Å². The lowest BCUT2D eigenvalue weighted by atomic mass is 9.44. The van der Waals surface area contributed by atoms with Gasteiger partial charge < -0.3 is 0 Å². The largest absolute Gasteiger partial charge is 0.264 e. The fraction of sp³-hybridized carbons (Fsp3) is 0.538. The summed E-state index contributed by atoms with van der Waals surface area (Å²) in [5.74, 6) is 0. The number of nitrogens with zero attached hydrogens (tertiary/aromatic N) is 2. The van der Waals surface area contributed by atoms with Crippen molar-refractivity contribution in [2.75, 3.05) is 0 Å². The molecule has 0 unspecified atom stereocenters. The van der Waals surface area contributed by atoms with Gasteiger partial charge in [0.2, 0.25) is 0 Å². The van der Waals surface area contributed by atoms with Crippen molar-refractivity contribution in [3.05, 3.63) is 30.1 Å². The summed E-state index contributed by atoms with van der Waals surface area (Å²) in [6.45, 7) is 0. The van der Waals surface area contributed by atoms with Gasteiger partial charge in [-0.15, -0.1) is 0 Å². The molecule has 0 amide bonds. The summed E-state index contributed by atoms with van der Waals surface area (Å²) in [5.41, 5.74) is 1.44. The first-order chi connectivity index (χ1) is 7.29. The molecule has 3 rings (SSSR count). The van der Waals surface area contributed by atoms with Crippen molar-refractivity contribution in [2.45, 2.75) is 37.5 Å². The van der Waals surface area contributed by atoms with Crippen LogP contribution in [0, 0.1) is 16.7 Å². The first-order valence-corrected chi connectivity index (χ1v) is 5.61. The van der Waals surface area contributed by atoms with Crippen LogP contribution in [0.4, 0.5) is 0 Å². The zero-order valence-electron chi connectivity index (χ0n) is 8.74. The molecule has 76 valence electrons. The van der Waals surface area contributed by atoms with Crippen LogP contribution in [0.15, 0.2) is 24.5 Å². The summed E-state index contributed by atoms with van der Waals surface area (Å²) in [6, 6.07) is 6.49. The monoisotopic (exact) mass is 198 g/mol. The van der Waals surface area contributed by atoms with Crippen molar-refractivity contribution in [1.29, 1.82) is 5.26 Å². The molecule has 0 atom stereocenters. The molecule has 0 radical (unpaired) electrons. The van der Waals surface area contributed by atoms with Gasteiger partial charge in [-0.05, 0) is 42.7 Å². The van der Waals surface area contributed by atoms with E-state index in [9.17, 15) is 5.26 Å². The highest BCUT2D eigenvalue weighted by molar-refractivity contribution is 5.36. The molecule has 0 bridgehead atoms. The Labute approximate surface area is 90.0 Å². The Kier molecular flexibility index (Phi) is 1.68. The Morgan fingerprint density at radius 1 is 1.33 bits per heavy atom. The normalized spacial score (nSPS) is 25.0. The minimum absolute atomic E-state index is 0.214. The third kappa shape index (κ3) is 1.13. The van der Waals surface area contributed by atoms with E-state index in [4.69, 9.17) is 0 Å². The highest BCUT2D eigenvalue weighted by Crippen LogP contribution is 2.64. The maximum atomic E-state index is 9.36. The summed E-state index contributed by atoms with van der Waals surface area (Å²) in [6.07, 6.45) is 9.76. The van der Waals surface area contributed by atoms with Gasteiger partial charge in [0, 0.05) is 12.4 Å². The van der Waals surface area contributed by atoms with Gasteiger partial charge >= 0.3 is 0 Å². The van der Waals surface area contributed by atoms with Gasteiger partial charge in [0.1, 0.15) is 0 Å². The number of aromatic nitrogens is 1. The standard InChI is InChI=1S/C13H14N2/c14-10-13(11-3-1-6-15-7-11)8-12(9-13)4-2-5-12/h1,3,6-7H,2,4-5,8-9H2. The molecule has 0 N–H and O–H groups in total. The molecule has 1 aromatic heterocycles. The summed E-state index contributed by atoms with van der Waals surface area (Å²) in [5, 5.41) is 9.36. The lowest BCUT2D eigenvalue weighted by Crippen LogP contribution is -2.52. The third-order valence-corrected chi connectivity index (χ3v) is 4.20. The first kappa shape index (κ1) is 8.91. The number of pyridine rings is 1. The zero-order chi connectivity index (χ0) is 10.4. The molecule has 0 aliphatic heterocycles. The fourth-order valence-electron chi connectivity index (χ4n) is 3.25. The first-order valence-electron chi connectivity index (χ1n) is 5.61. The van der Waals surface area contributed by atoms with Gasteiger partial charge in [-0.2, -0.15) is 5.26 Å². The van der Waals surface area contributed by atoms with Crippen LogP contribution < -0.4 is 0 Å². The van der Waals surface area contributed by atoms with Crippen LogP contribution >= 0.6 is 0 Å². The van der Waals surface area contributed by atoms with E-state index in [1.807, 2.05) is 18.3 Å². The van der Waals surface area contributed by atoms with Gasteiger partial charge in [-0.3, -0.25) is 4.98 Å². The summed E-state index contributed by atoms with van der Waals surface area (Å²) in [4.78, 5) is 4.12. The molecule has 2 aliphatic rings. The Bertz CT molecular complexity index is 404. The smallest absolute Gasteiger partial charge is 0.0847 e. The van der Waals surface area contributed by atoms with Crippen molar-refractivity contribution >= 4 is 0 Å². The van der Waals surface area contributed by atoms with Crippen LogP contribution in [0.3, 0.4) is 0 Å². The second kappa shape index (κ2) is 2.82. The highest BCUT2D eigenvalue weighted by Gasteiger charge is 2.58. The molecule has 1 spiro atoms. The van der Waals surface area contributed by atoms with Crippen LogP contribution in [-0.2, 0) is 5.41 Å². The second-order valence-electron chi connectivity index (χ2n) is 5.14. The molecule has 1 aromatic rings. The molecule has 2 heteroatoms. The lowest BCUT2D eigenvalue weighted by Gasteiger charge is -2.58. The summed E-state index contributed by atoms with van der Waals surface area (Å²) < 4.78 is 0. The van der Waals surface area contributed by atoms with Crippen molar-refractivity contribution < 1.29 is 0 Å². The van der Waals surface area contributed by atoms with Crippen molar-refractivity contribution in [3.8, 4) is 6.07 Å². The average molecular weight is 198 g/mol. The Hall–Kier alpha value is -1.36. The quantitative estimate of drug-likeness (QED) is 0.695. The summed E-state index contributed by atoms with van der Waals surface area (Å²) in [7, 11) is 0. The number of hydrogen-bond acceptors (Lipinski definition) is 2. The molecular weight excluding hydrogens is 184 g/mol. The Balaban J connectivity index is 1.88. The molecule has 2 saturated carbocycles. The Morgan fingerprint density at radius 2 is 2.13 bits per heavy atom. The van der Waals surface area contributed by atoms with Crippen molar-refractivity contribution in [1.82, 2.24) is 4.98 Å². The van der Waals surface area contributed by atoms with Crippen LogP contribution in [0.25, 0.3) is 0 Å². The predicted octanol–water partition coefficient (Wildman–Crippen LogP) is 2.81. The van der Waals surface area contributed by atoms with Crippen LogP contribution in [0.2, 0.25) is 0 Å². The second-order valence-corrected chi connectivity index (χ2v) is 5.14. The molecule has 2 nitrogen and oxygen atoms in total. The topological polar surface area (TPSA) is 36.7 Å². The van der Waals surface area contributed by atoms with Gasteiger partial charge in [0.25, 0.3) is 0 Å². The fourth-order valence-corrected chi connectivity index (χ4v) is 3.25. The van der Waals surface area contributed by atoms with E-state index >= 15 is 0 Å². The molecule has 2 fully saturated rings. The molecule has 15 heavy (non-hydrogen) atoms. The van der Waals surface area contributed by atoms with Gasteiger partial charge in [0.05, 0.1) is 11.5 Å². The average Bonchev–Trinajstić information content (AvgIpc) is 2.17.